The lowest BCUT2D eigenvalue weighted by molar-refractivity contribution is -0.133. The number of aromatic nitrogens is 3. The fourth-order valence-electron chi connectivity index (χ4n) is 3.27. The van der Waals surface area contributed by atoms with E-state index in [2.05, 4.69) is 35.7 Å². The normalized spacial score (nSPS) is 15.7. The van der Waals surface area contributed by atoms with E-state index < -0.39 is 6.10 Å². The zero-order valence-electron chi connectivity index (χ0n) is 17.0. The van der Waals surface area contributed by atoms with Crippen molar-refractivity contribution in [3.05, 3.63) is 53.9 Å². The average molecular weight is 383 g/mol. The van der Waals surface area contributed by atoms with E-state index in [4.69, 9.17) is 0 Å². The quantitative estimate of drug-likeness (QED) is 0.796. The van der Waals surface area contributed by atoms with Gasteiger partial charge in [0.25, 0.3) is 0 Å². The number of carbonyl (C=O) groups is 1. The van der Waals surface area contributed by atoms with E-state index in [0.29, 0.717) is 12.5 Å². The van der Waals surface area contributed by atoms with Crippen LogP contribution in [0.5, 0.6) is 0 Å². The number of hydrogen-bond donors (Lipinski definition) is 1. The maximum Gasteiger partial charge on any atom is 0.227 e. The Kier molecular flexibility index (Phi) is 6.39. The molecule has 28 heavy (non-hydrogen) atoms. The Hall–Kier alpha value is -2.34. The Balaban J connectivity index is 1.67. The maximum atomic E-state index is 13.0. The first-order valence-electron chi connectivity index (χ1n) is 10.00. The number of pyridine rings is 1. The molecule has 1 atom stereocenters. The molecule has 1 aliphatic carbocycles. The lowest BCUT2D eigenvalue weighted by atomic mass is 9.85. The van der Waals surface area contributed by atoms with E-state index in [0.717, 1.165) is 29.8 Å². The summed E-state index contributed by atoms with van der Waals surface area (Å²) in [4.78, 5) is 27.7. The molecule has 0 aliphatic heterocycles. The van der Waals surface area contributed by atoms with Gasteiger partial charge in [0.2, 0.25) is 5.91 Å². The van der Waals surface area contributed by atoms with Gasteiger partial charge in [0.05, 0.1) is 19.1 Å². The first-order chi connectivity index (χ1) is 13.3. The van der Waals surface area contributed by atoms with Crippen LogP contribution in [0.15, 0.2) is 36.9 Å². The van der Waals surface area contributed by atoms with E-state index >= 15 is 0 Å². The minimum atomic E-state index is -0.739. The fourth-order valence-corrected chi connectivity index (χ4v) is 3.27. The van der Waals surface area contributed by atoms with Gasteiger partial charge in [-0.1, -0.05) is 33.3 Å². The molecule has 0 aromatic carbocycles. The molecule has 0 spiro atoms. The lowest BCUT2D eigenvalue weighted by Crippen LogP contribution is -2.40. The maximum absolute atomic E-state index is 13.0. The van der Waals surface area contributed by atoms with Crippen molar-refractivity contribution in [2.24, 2.45) is 5.92 Å². The van der Waals surface area contributed by atoms with E-state index in [1.165, 1.54) is 6.42 Å². The average Bonchev–Trinajstić information content (AvgIpc) is 2.63. The number of aliphatic hydroxyl groups is 1. The molecule has 150 valence electrons. The first kappa shape index (κ1) is 20.4. The van der Waals surface area contributed by atoms with Gasteiger partial charge in [0, 0.05) is 42.3 Å². The highest BCUT2D eigenvalue weighted by atomic mass is 16.3. The number of nitrogens with zero attached hydrogens (tertiary/aromatic N) is 4. The van der Waals surface area contributed by atoms with Gasteiger partial charge in [-0.25, -0.2) is 9.97 Å². The Labute approximate surface area is 167 Å². The third-order valence-corrected chi connectivity index (χ3v) is 5.25. The number of rotatable bonds is 7. The first-order valence-corrected chi connectivity index (χ1v) is 10.00. The molecular weight excluding hydrogens is 352 g/mol. The molecule has 1 unspecified atom stereocenters. The molecule has 2 aromatic heterocycles. The van der Waals surface area contributed by atoms with E-state index in [-0.39, 0.29) is 24.3 Å². The summed E-state index contributed by atoms with van der Waals surface area (Å²) in [6.07, 6.45) is 9.83. The smallest absolute Gasteiger partial charge is 0.227 e. The van der Waals surface area contributed by atoms with Crippen molar-refractivity contribution in [2.75, 3.05) is 13.1 Å². The van der Waals surface area contributed by atoms with Crippen molar-refractivity contribution < 1.29 is 9.90 Å². The molecule has 6 heteroatoms. The Morgan fingerprint density at radius 1 is 1.25 bits per heavy atom. The molecule has 2 heterocycles. The molecule has 6 nitrogen and oxygen atoms in total. The number of amides is 1. The molecule has 0 radical (unpaired) electrons. The van der Waals surface area contributed by atoms with Gasteiger partial charge in [-0.05, 0) is 30.4 Å². The minimum Gasteiger partial charge on any atom is -0.386 e. The zero-order chi connectivity index (χ0) is 20.1. The number of carbonyl (C=O) groups excluding carboxylic acids is 1. The van der Waals surface area contributed by atoms with Gasteiger partial charge in [-0.15, -0.1) is 0 Å². The van der Waals surface area contributed by atoms with Crippen LogP contribution in [0.3, 0.4) is 0 Å². The van der Waals surface area contributed by atoms with Crippen LogP contribution in [0.2, 0.25) is 0 Å². The molecule has 3 rings (SSSR count). The predicted molar refractivity (Wildman–Crippen MR) is 108 cm³/mol. The topological polar surface area (TPSA) is 79.2 Å². The Morgan fingerprint density at radius 3 is 2.50 bits per heavy atom. The molecular formula is C22H30N4O2. The SMILES string of the molecule is CC(C)(C)c1ncc(CC(=O)N(CC2CCC2)CC(O)c2cccnc2)cn1. The van der Waals surface area contributed by atoms with Crippen LogP contribution in [0.4, 0.5) is 0 Å². The summed E-state index contributed by atoms with van der Waals surface area (Å²) in [7, 11) is 0. The van der Waals surface area contributed by atoms with Gasteiger partial charge in [0.15, 0.2) is 0 Å². The summed E-state index contributed by atoms with van der Waals surface area (Å²) >= 11 is 0. The lowest BCUT2D eigenvalue weighted by Gasteiger charge is -2.33. The molecule has 1 saturated carbocycles. The van der Waals surface area contributed by atoms with E-state index in [9.17, 15) is 9.90 Å². The summed E-state index contributed by atoms with van der Waals surface area (Å²) in [5, 5.41) is 10.6. The van der Waals surface area contributed by atoms with Crippen LogP contribution in [-0.2, 0) is 16.6 Å². The van der Waals surface area contributed by atoms with Crippen molar-refractivity contribution in [1.29, 1.82) is 0 Å². The van der Waals surface area contributed by atoms with Crippen molar-refractivity contribution in [3.63, 3.8) is 0 Å². The van der Waals surface area contributed by atoms with Gasteiger partial charge < -0.3 is 10.0 Å². The molecule has 1 amide bonds. The highest BCUT2D eigenvalue weighted by Gasteiger charge is 2.26. The highest BCUT2D eigenvalue weighted by molar-refractivity contribution is 5.78. The van der Waals surface area contributed by atoms with Crippen LogP contribution >= 0.6 is 0 Å². The molecule has 1 aliphatic rings. The van der Waals surface area contributed by atoms with E-state index in [1.807, 2.05) is 6.07 Å². The third kappa shape index (κ3) is 5.35. The zero-order valence-corrected chi connectivity index (χ0v) is 17.0. The summed E-state index contributed by atoms with van der Waals surface area (Å²) in [6.45, 7) is 7.16. The second-order valence-electron chi connectivity index (χ2n) is 8.74. The molecule has 0 saturated heterocycles. The molecule has 1 fully saturated rings. The minimum absolute atomic E-state index is 0.00180. The van der Waals surface area contributed by atoms with Gasteiger partial charge in [0.1, 0.15) is 5.82 Å². The van der Waals surface area contributed by atoms with Crippen LogP contribution < -0.4 is 0 Å². The fraction of sp³-hybridized carbons (Fsp3) is 0.545. The highest BCUT2D eigenvalue weighted by Crippen LogP contribution is 2.28. The number of aliphatic hydroxyl groups excluding tert-OH is 1. The van der Waals surface area contributed by atoms with Crippen LogP contribution in [0.1, 0.15) is 63.1 Å². The van der Waals surface area contributed by atoms with Gasteiger partial charge in [-0.2, -0.15) is 0 Å². The van der Waals surface area contributed by atoms with Crippen LogP contribution in [-0.4, -0.2) is 44.0 Å². The monoisotopic (exact) mass is 382 g/mol. The molecule has 2 aromatic rings. The second kappa shape index (κ2) is 8.78. The summed E-state index contributed by atoms with van der Waals surface area (Å²) in [5.41, 5.74) is 1.41. The van der Waals surface area contributed by atoms with Crippen LogP contribution in [0, 0.1) is 5.92 Å². The van der Waals surface area contributed by atoms with Crippen molar-refractivity contribution in [3.8, 4) is 0 Å². The summed E-state index contributed by atoms with van der Waals surface area (Å²) < 4.78 is 0. The molecule has 1 N–H and O–H groups in total. The second-order valence-corrected chi connectivity index (χ2v) is 8.74. The predicted octanol–water partition coefficient (Wildman–Crippen LogP) is 3.07. The Bertz CT molecular complexity index is 767. The van der Waals surface area contributed by atoms with Crippen molar-refractivity contribution >= 4 is 5.91 Å². The standard InChI is InChI=1S/C22H30N4O2/c1-22(2,3)21-24-11-17(12-25-21)10-20(28)26(14-16-6-4-7-16)15-19(27)18-8-5-9-23-13-18/h5,8-9,11-13,16,19,27H,4,6-7,10,14-15H2,1-3H3. The largest absolute Gasteiger partial charge is 0.386 e. The molecule has 0 bridgehead atoms. The van der Waals surface area contributed by atoms with Crippen molar-refractivity contribution in [2.45, 2.75) is 58.0 Å². The Morgan fingerprint density at radius 2 is 1.96 bits per heavy atom. The van der Waals surface area contributed by atoms with E-state index in [1.54, 1.807) is 35.8 Å². The summed E-state index contributed by atoms with van der Waals surface area (Å²) in [6, 6.07) is 3.63. The van der Waals surface area contributed by atoms with Crippen LogP contribution in [0.25, 0.3) is 0 Å². The van der Waals surface area contributed by atoms with Gasteiger partial charge >= 0.3 is 0 Å². The number of hydrogen-bond acceptors (Lipinski definition) is 5. The van der Waals surface area contributed by atoms with Crippen molar-refractivity contribution in [1.82, 2.24) is 19.9 Å². The third-order valence-electron chi connectivity index (χ3n) is 5.25. The van der Waals surface area contributed by atoms with Gasteiger partial charge in [-0.3, -0.25) is 9.78 Å². The summed E-state index contributed by atoms with van der Waals surface area (Å²) in [5.74, 6) is 1.30.